The summed E-state index contributed by atoms with van der Waals surface area (Å²) in [5.74, 6) is 2.69. The molecule has 0 amide bonds. The van der Waals surface area contributed by atoms with Crippen LogP contribution in [0.25, 0.3) is 0 Å². The van der Waals surface area contributed by atoms with Crippen LogP contribution in [0.2, 0.25) is 5.02 Å². The maximum Gasteiger partial charge on any atom is 0.231 e. The Morgan fingerprint density at radius 1 is 1.03 bits per heavy atom. The van der Waals surface area contributed by atoms with Crippen LogP contribution in [0, 0.1) is 0 Å². The van der Waals surface area contributed by atoms with Crippen LogP contribution in [0.15, 0.2) is 54.9 Å². The van der Waals surface area contributed by atoms with Gasteiger partial charge in [-0.3, -0.25) is 4.98 Å². The lowest BCUT2D eigenvalue weighted by molar-refractivity contribution is 0.174. The molecule has 4 rings (SSSR count). The first-order valence-electron chi connectivity index (χ1n) is 9.20. The van der Waals surface area contributed by atoms with Crippen molar-refractivity contribution in [3.8, 4) is 23.0 Å². The molecule has 0 bridgehead atoms. The Balaban J connectivity index is 1.38. The van der Waals surface area contributed by atoms with Gasteiger partial charge in [0.2, 0.25) is 6.79 Å². The second-order valence-corrected chi connectivity index (χ2v) is 6.96. The minimum Gasteiger partial charge on any atom is -0.493 e. The van der Waals surface area contributed by atoms with Crippen LogP contribution in [-0.4, -0.2) is 18.9 Å². The van der Waals surface area contributed by atoms with Crippen molar-refractivity contribution in [3.05, 3.63) is 76.6 Å². The minimum atomic E-state index is 0.277. The third-order valence-electron chi connectivity index (χ3n) is 4.49. The molecule has 2 aromatic carbocycles. The summed E-state index contributed by atoms with van der Waals surface area (Å²) in [5, 5.41) is 3.91. The third kappa shape index (κ3) is 4.72. The van der Waals surface area contributed by atoms with E-state index in [1.54, 1.807) is 19.5 Å². The highest BCUT2D eigenvalue weighted by molar-refractivity contribution is 6.32. The molecule has 0 fully saturated rings. The molecule has 1 aliphatic heterocycles. The Morgan fingerprint density at radius 2 is 1.90 bits per heavy atom. The van der Waals surface area contributed by atoms with Gasteiger partial charge in [0.25, 0.3) is 0 Å². The molecule has 0 spiro atoms. The topological polar surface area (TPSA) is 61.8 Å². The number of halogens is 1. The van der Waals surface area contributed by atoms with Gasteiger partial charge in [-0.1, -0.05) is 23.7 Å². The van der Waals surface area contributed by atoms with E-state index in [0.717, 1.165) is 28.2 Å². The molecule has 2 heterocycles. The zero-order valence-electron chi connectivity index (χ0n) is 16.0. The molecule has 29 heavy (non-hydrogen) atoms. The van der Waals surface area contributed by atoms with Gasteiger partial charge >= 0.3 is 0 Å². The summed E-state index contributed by atoms with van der Waals surface area (Å²) in [6, 6.07) is 13.6. The zero-order chi connectivity index (χ0) is 20.1. The summed E-state index contributed by atoms with van der Waals surface area (Å²) in [5.41, 5.74) is 3.07. The summed E-state index contributed by atoms with van der Waals surface area (Å²) in [7, 11) is 1.60. The largest absolute Gasteiger partial charge is 0.493 e. The predicted octanol–water partition coefficient (Wildman–Crippen LogP) is 4.34. The third-order valence-corrected chi connectivity index (χ3v) is 4.77. The highest BCUT2D eigenvalue weighted by atomic mass is 35.5. The van der Waals surface area contributed by atoms with E-state index in [4.69, 9.17) is 30.5 Å². The summed E-state index contributed by atoms with van der Waals surface area (Å²) < 4.78 is 22.1. The zero-order valence-corrected chi connectivity index (χ0v) is 16.7. The fourth-order valence-electron chi connectivity index (χ4n) is 3.06. The van der Waals surface area contributed by atoms with E-state index in [2.05, 4.69) is 10.3 Å². The maximum absolute atomic E-state index is 6.46. The second kappa shape index (κ2) is 9.03. The smallest absolute Gasteiger partial charge is 0.231 e. The van der Waals surface area contributed by atoms with E-state index in [-0.39, 0.29) is 6.79 Å². The van der Waals surface area contributed by atoms with Crippen LogP contribution in [0.3, 0.4) is 0 Å². The Bertz CT molecular complexity index is 982. The van der Waals surface area contributed by atoms with Gasteiger partial charge in [0.05, 0.1) is 12.1 Å². The lowest BCUT2D eigenvalue weighted by Gasteiger charge is -2.14. The number of nitrogens with one attached hydrogen (secondary N) is 1. The van der Waals surface area contributed by atoms with Gasteiger partial charge in [-0.05, 0) is 41.5 Å². The summed E-state index contributed by atoms with van der Waals surface area (Å²) in [6.07, 6.45) is 3.48. The molecular formula is C22H21ClN2O4. The molecule has 150 valence electrons. The molecule has 7 heteroatoms. The molecule has 0 aliphatic carbocycles. The number of methoxy groups -OCH3 is 1. The Kier molecular flexibility index (Phi) is 6.03. The van der Waals surface area contributed by atoms with Crippen LogP contribution in [0.5, 0.6) is 23.0 Å². The number of aromatic nitrogens is 1. The highest BCUT2D eigenvalue weighted by Crippen LogP contribution is 2.37. The van der Waals surface area contributed by atoms with Crippen LogP contribution >= 0.6 is 11.6 Å². The molecule has 3 aromatic rings. The summed E-state index contributed by atoms with van der Waals surface area (Å²) >= 11 is 6.46. The van der Waals surface area contributed by atoms with E-state index < -0.39 is 0 Å². The minimum absolute atomic E-state index is 0.277. The average molecular weight is 413 g/mol. The van der Waals surface area contributed by atoms with E-state index in [1.807, 2.05) is 42.5 Å². The van der Waals surface area contributed by atoms with Crippen molar-refractivity contribution < 1.29 is 18.9 Å². The van der Waals surface area contributed by atoms with Crippen molar-refractivity contribution in [2.45, 2.75) is 19.7 Å². The number of pyridine rings is 1. The van der Waals surface area contributed by atoms with Crippen molar-refractivity contribution in [1.82, 2.24) is 10.3 Å². The molecule has 0 saturated heterocycles. The van der Waals surface area contributed by atoms with Gasteiger partial charge < -0.3 is 24.3 Å². The summed E-state index contributed by atoms with van der Waals surface area (Å²) in [6.45, 7) is 1.97. The molecule has 6 nitrogen and oxygen atoms in total. The number of hydrogen-bond acceptors (Lipinski definition) is 6. The number of rotatable bonds is 8. The van der Waals surface area contributed by atoms with Crippen molar-refractivity contribution in [2.75, 3.05) is 13.9 Å². The fourth-order valence-corrected chi connectivity index (χ4v) is 3.34. The lowest BCUT2D eigenvalue weighted by Crippen LogP contribution is -2.13. The Hall–Kier alpha value is -2.96. The number of nitrogens with zero attached hydrogens (tertiary/aromatic N) is 1. The van der Waals surface area contributed by atoms with E-state index in [0.29, 0.717) is 36.2 Å². The molecule has 0 unspecified atom stereocenters. The van der Waals surface area contributed by atoms with Crippen molar-refractivity contribution >= 4 is 11.6 Å². The fraction of sp³-hybridized carbons (Fsp3) is 0.227. The van der Waals surface area contributed by atoms with Crippen molar-refractivity contribution in [1.29, 1.82) is 0 Å². The van der Waals surface area contributed by atoms with Crippen molar-refractivity contribution in [3.63, 3.8) is 0 Å². The monoisotopic (exact) mass is 412 g/mol. The normalized spacial score (nSPS) is 12.1. The van der Waals surface area contributed by atoms with Crippen LogP contribution < -0.4 is 24.3 Å². The number of fused-ring (bicyclic) bond motifs is 1. The first kappa shape index (κ1) is 19.4. The van der Waals surface area contributed by atoms with Gasteiger partial charge in [-0.2, -0.15) is 0 Å². The Morgan fingerprint density at radius 3 is 2.72 bits per heavy atom. The first-order chi connectivity index (χ1) is 14.2. The van der Waals surface area contributed by atoms with Gasteiger partial charge in [-0.15, -0.1) is 0 Å². The summed E-state index contributed by atoms with van der Waals surface area (Å²) in [4.78, 5) is 4.09. The van der Waals surface area contributed by atoms with Crippen LogP contribution in [0.1, 0.15) is 16.7 Å². The first-order valence-corrected chi connectivity index (χ1v) is 9.58. The average Bonchev–Trinajstić information content (AvgIpc) is 3.21. The van der Waals surface area contributed by atoms with Gasteiger partial charge in [-0.25, -0.2) is 0 Å². The van der Waals surface area contributed by atoms with Crippen LogP contribution in [0.4, 0.5) is 0 Å². The Labute approximate surface area is 174 Å². The molecular weight excluding hydrogens is 392 g/mol. The number of hydrogen-bond donors (Lipinski definition) is 1. The van der Waals surface area contributed by atoms with Gasteiger partial charge in [0.15, 0.2) is 23.0 Å². The van der Waals surface area contributed by atoms with E-state index in [1.165, 1.54) is 0 Å². The lowest BCUT2D eigenvalue weighted by atomic mass is 10.1. The van der Waals surface area contributed by atoms with Gasteiger partial charge in [0, 0.05) is 31.0 Å². The molecule has 0 radical (unpaired) electrons. The molecule has 1 aromatic heterocycles. The standard InChI is InChI=1S/C22H21ClN2O4/c1-26-21-9-17(7-18(23)22(21)27-13-16-3-2-6-24-11-16)12-25-10-15-4-5-19-20(8-15)29-14-28-19/h2-9,11,25H,10,12-14H2,1H3. The second-order valence-electron chi connectivity index (χ2n) is 6.55. The quantitative estimate of drug-likeness (QED) is 0.593. The van der Waals surface area contributed by atoms with E-state index in [9.17, 15) is 0 Å². The molecule has 0 saturated carbocycles. The van der Waals surface area contributed by atoms with Crippen LogP contribution in [-0.2, 0) is 19.7 Å². The molecule has 1 aliphatic rings. The molecule has 1 N–H and O–H groups in total. The molecule has 0 atom stereocenters. The SMILES string of the molecule is COc1cc(CNCc2ccc3c(c2)OCO3)cc(Cl)c1OCc1cccnc1. The predicted molar refractivity (Wildman–Crippen MR) is 110 cm³/mol. The van der Waals surface area contributed by atoms with E-state index >= 15 is 0 Å². The van der Waals surface area contributed by atoms with Crippen molar-refractivity contribution in [2.24, 2.45) is 0 Å². The maximum atomic E-state index is 6.46. The number of ether oxygens (including phenoxy) is 4. The highest BCUT2D eigenvalue weighted by Gasteiger charge is 2.14. The number of benzene rings is 2. The van der Waals surface area contributed by atoms with Gasteiger partial charge in [0.1, 0.15) is 6.61 Å².